The largest absolute Gasteiger partial charge is 0.468 e. The first-order valence-electron chi connectivity index (χ1n) is 9.41. The van der Waals surface area contributed by atoms with E-state index in [1.165, 1.54) is 36.3 Å². The van der Waals surface area contributed by atoms with Gasteiger partial charge in [-0.1, -0.05) is 0 Å². The third-order valence-electron chi connectivity index (χ3n) is 5.00. The summed E-state index contributed by atoms with van der Waals surface area (Å²) < 4.78 is 18.8. The fourth-order valence-electron chi connectivity index (χ4n) is 3.54. The Balaban J connectivity index is 1.47. The molecule has 0 bridgehead atoms. The lowest BCUT2D eigenvalue weighted by molar-refractivity contribution is 0.0937. The van der Waals surface area contributed by atoms with Gasteiger partial charge in [-0.25, -0.2) is 9.37 Å². The summed E-state index contributed by atoms with van der Waals surface area (Å²) in [7, 11) is 0. The van der Waals surface area contributed by atoms with Gasteiger partial charge in [0.25, 0.3) is 5.91 Å². The van der Waals surface area contributed by atoms with Crippen LogP contribution in [0.1, 0.15) is 40.0 Å². The van der Waals surface area contributed by atoms with E-state index >= 15 is 0 Å². The lowest BCUT2D eigenvalue weighted by Crippen LogP contribution is -2.36. The van der Waals surface area contributed by atoms with Crippen molar-refractivity contribution in [1.29, 1.82) is 0 Å². The molecule has 1 unspecified atom stereocenters. The van der Waals surface area contributed by atoms with Crippen LogP contribution in [0.25, 0.3) is 10.6 Å². The number of hydrogen-bond donors (Lipinski definition) is 1. The molecule has 1 atom stereocenters. The topological polar surface area (TPSA) is 58.4 Å². The van der Waals surface area contributed by atoms with Crippen LogP contribution in [-0.2, 0) is 0 Å². The van der Waals surface area contributed by atoms with E-state index in [4.69, 9.17) is 4.42 Å². The number of benzene rings is 1. The third-order valence-corrected chi connectivity index (χ3v) is 6.21. The Bertz CT molecular complexity index is 931. The molecule has 5 nitrogen and oxygen atoms in total. The highest BCUT2D eigenvalue weighted by molar-refractivity contribution is 7.17. The number of amides is 1. The SMILES string of the molecule is Cc1nc(-c2ccc(F)cc2)sc1C(=O)NCC(c1ccco1)N1CCCC1. The molecule has 1 N–H and O–H groups in total. The molecule has 1 aliphatic heterocycles. The number of nitrogens with zero attached hydrogens (tertiary/aromatic N) is 2. The van der Waals surface area contributed by atoms with Gasteiger partial charge in [-0.3, -0.25) is 9.69 Å². The highest BCUT2D eigenvalue weighted by Crippen LogP contribution is 2.29. The first-order valence-corrected chi connectivity index (χ1v) is 10.2. The van der Waals surface area contributed by atoms with Crippen LogP contribution >= 0.6 is 11.3 Å². The molecule has 1 aliphatic rings. The molecule has 2 aromatic heterocycles. The monoisotopic (exact) mass is 399 g/mol. The Labute approximate surface area is 167 Å². The molecule has 1 fully saturated rings. The predicted molar refractivity (Wildman–Crippen MR) is 107 cm³/mol. The van der Waals surface area contributed by atoms with Crippen molar-refractivity contribution in [3.05, 3.63) is 64.8 Å². The second-order valence-corrected chi connectivity index (χ2v) is 7.92. The van der Waals surface area contributed by atoms with E-state index in [1.54, 1.807) is 18.4 Å². The zero-order valence-electron chi connectivity index (χ0n) is 15.7. The minimum Gasteiger partial charge on any atom is -0.468 e. The maximum absolute atomic E-state index is 13.1. The van der Waals surface area contributed by atoms with Crippen LogP contribution in [0.2, 0.25) is 0 Å². The highest BCUT2D eigenvalue weighted by Gasteiger charge is 2.26. The van der Waals surface area contributed by atoms with Crippen molar-refractivity contribution in [1.82, 2.24) is 15.2 Å². The van der Waals surface area contributed by atoms with E-state index in [1.807, 2.05) is 19.1 Å². The van der Waals surface area contributed by atoms with Crippen molar-refractivity contribution in [3.8, 4) is 10.6 Å². The average Bonchev–Trinajstić information content (AvgIpc) is 3.45. The van der Waals surface area contributed by atoms with E-state index in [2.05, 4.69) is 15.2 Å². The molecule has 1 saturated heterocycles. The molecule has 3 heterocycles. The zero-order valence-corrected chi connectivity index (χ0v) is 16.5. The Morgan fingerprint density at radius 2 is 2.04 bits per heavy atom. The van der Waals surface area contributed by atoms with Crippen molar-refractivity contribution in [2.24, 2.45) is 0 Å². The van der Waals surface area contributed by atoms with Crippen molar-refractivity contribution >= 4 is 17.2 Å². The molecule has 146 valence electrons. The number of carbonyl (C=O) groups is 1. The van der Waals surface area contributed by atoms with Gasteiger partial charge in [-0.05, 0) is 69.3 Å². The summed E-state index contributed by atoms with van der Waals surface area (Å²) in [6.07, 6.45) is 4.00. The summed E-state index contributed by atoms with van der Waals surface area (Å²) in [4.78, 5) is 20.2. The van der Waals surface area contributed by atoms with Gasteiger partial charge in [0.15, 0.2) is 0 Å². The lowest BCUT2D eigenvalue weighted by atomic mass is 10.2. The Morgan fingerprint density at radius 1 is 1.29 bits per heavy atom. The minimum absolute atomic E-state index is 0.0336. The van der Waals surface area contributed by atoms with Crippen LogP contribution < -0.4 is 5.32 Å². The van der Waals surface area contributed by atoms with Crippen LogP contribution in [0, 0.1) is 12.7 Å². The number of hydrogen-bond acceptors (Lipinski definition) is 5. The molecule has 0 aliphatic carbocycles. The molecule has 0 radical (unpaired) electrons. The smallest absolute Gasteiger partial charge is 0.263 e. The van der Waals surface area contributed by atoms with E-state index in [9.17, 15) is 9.18 Å². The van der Waals surface area contributed by atoms with E-state index in [0.29, 0.717) is 22.1 Å². The van der Waals surface area contributed by atoms with Crippen molar-refractivity contribution in [2.75, 3.05) is 19.6 Å². The number of aromatic nitrogens is 1. The predicted octanol–water partition coefficient (Wildman–Crippen LogP) is 4.42. The Kier molecular flexibility index (Phi) is 5.54. The number of thiazole rings is 1. The first kappa shape index (κ1) is 18.8. The molecule has 3 aromatic rings. The minimum atomic E-state index is -0.291. The second-order valence-electron chi connectivity index (χ2n) is 6.92. The number of rotatable bonds is 6. The van der Waals surface area contributed by atoms with Gasteiger partial charge in [0.2, 0.25) is 0 Å². The summed E-state index contributed by atoms with van der Waals surface area (Å²) in [5.74, 6) is 0.440. The molecule has 28 heavy (non-hydrogen) atoms. The fourth-order valence-corrected chi connectivity index (χ4v) is 4.52. The van der Waals surface area contributed by atoms with Crippen molar-refractivity contribution in [2.45, 2.75) is 25.8 Å². The van der Waals surface area contributed by atoms with E-state index in [-0.39, 0.29) is 17.8 Å². The van der Waals surface area contributed by atoms with E-state index in [0.717, 1.165) is 24.4 Å². The maximum Gasteiger partial charge on any atom is 0.263 e. The number of aryl methyl sites for hydroxylation is 1. The standard InChI is InChI=1S/C21H22FN3O2S/c1-14-19(28-21(24-14)15-6-8-16(22)9-7-15)20(26)23-13-17(18-5-4-12-27-18)25-10-2-3-11-25/h4-9,12,17H,2-3,10-11,13H2,1H3,(H,23,26). The second kappa shape index (κ2) is 8.24. The van der Waals surface area contributed by atoms with Gasteiger partial charge >= 0.3 is 0 Å². The zero-order chi connectivity index (χ0) is 19.5. The van der Waals surface area contributed by atoms with Crippen molar-refractivity contribution in [3.63, 3.8) is 0 Å². The maximum atomic E-state index is 13.1. The molecule has 4 rings (SSSR count). The summed E-state index contributed by atoms with van der Waals surface area (Å²) in [6.45, 7) is 4.32. The lowest BCUT2D eigenvalue weighted by Gasteiger charge is -2.25. The average molecular weight is 399 g/mol. The Hall–Kier alpha value is -2.51. The summed E-state index contributed by atoms with van der Waals surface area (Å²) in [5, 5.41) is 3.76. The Morgan fingerprint density at radius 3 is 2.71 bits per heavy atom. The number of nitrogens with one attached hydrogen (secondary N) is 1. The van der Waals surface area contributed by atoms with Gasteiger partial charge in [-0.15, -0.1) is 11.3 Å². The van der Waals surface area contributed by atoms with Gasteiger partial charge in [0.1, 0.15) is 21.5 Å². The fraction of sp³-hybridized carbons (Fsp3) is 0.333. The molecular formula is C21H22FN3O2S. The molecule has 7 heteroatoms. The molecule has 0 spiro atoms. The van der Waals surface area contributed by atoms with Gasteiger partial charge in [0.05, 0.1) is 18.0 Å². The summed E-state index contributed by atoms with van der Waals surface area (Å²) >= 11 is 1.33. The van der Waals surface area contributed by atoms with Gasteiger partial charge < -0.3 is 9.73 Å². The van der Waals surface area contributed by atoms with Crippen LogP contribution in [-0.4, -0.2) is 35.4 Å². The van der Waals surface area contributed by atoms with E-state index < -0.39 is 0 Å². The van der Waals surface area contributed by atoms with Gasteiger partial charge in [0, 0.05) is 12.1 Å². The molecule has 1 amide bonds. The van der Waals surface area contributed by atoms with Crippen molar-refractivity contribution < 1.29 is 13.6 Å². The molecular weight excluding hydrogens is 377 g/mol. The number of likely N-dealkylation sites (tertiary alicyclic amines) is 1. The van der Waals surface area contributed by atoms with Crippen LogP contribution in [0.3, 0.4) is 0 Å². The summed E-state index contributed by atoms with van der Waals surface area (Å²) in [6, 6.07) is 10.0. The normalized spacial score (nSPS) is 15.6. The number of carbonyl (C=O) groups excluding carboxylic acids is 1. The number of halogens is 1. The van der Waals surface area contributed by atoms with Crippen LogP contribution in [0.15, 0.2) is 47.1 Å². The van der Waals surface area contributed by atoms with Gasteiger partial charge in [-0.2, -0.15) is 0 Å². The molecule has 0 saturated carbocycles. The first-order chi connectivity index (χ1) is 13.6. The third kappa shape index (κ3) is 4.00. The number of furan rings is 1. The molecule has 1 aromatic carbocycles. The quantitative estimate of drug-likeness (QED) is 0.667. The summed E-state index contributed by atoms with van der Waals surface area (Å²) in [5.41, 5.74) is 1.48. The van der Waals surface area contributed by atoms with Crippen LogP contribution in [0.4, 0.5) is 4.39 Å². The highest BCUT2D eigenvalue weighted by atomic mass is 32.1. The van der Waals surface area contributed by atoms with Crippen LogP contribution in [0.5, 0.6) is 0 Å².